The maximum absolute atomic E-state index is 13.3. The number of halogens is 3. The highest BCUT2D eigenvalue weighted by molar-refractivity contribution is 5.86. The molecule has 1 aromatic carbocycles. The van der Waals surface area contributed by atoms with E-state index in [9.17, 15) is 42.3 Å². The molecule has 13 nitrogen and oxygen atoms in total. The van der Waals surface area contributed by atoms with Crippen LogP contribution in [0.4, 0.5) is 13.2 Å². The fourth-order valence-corrected chi connectivity index (χ4v) is 4.51. The van der Waals surface area contributed by atoms with E-state index in [0.717, 1.165) is 12.1 Å². The first-order valence-corrected chi connectivity index (χ1v) is 15.4. The van der Waals surface area contributed by atoms with E-state index in [0.29, 0.717) is 77.4 Å². The van der Waals surface area contributed by atoms with E-state index in [4.69, 9.17) is 5.53 Å². The summed E-state index contributed by atoms with van der Waals surface area (Å²) in [6, 6.07) is -0.0437. The van der Waals surface area contributed by atoms with Crippen molar-refractivity contribution in [2.75, 3.05) is 19.6 Å². The monoisotopic (exact) mass is 655 g/mol. The maximum Gasteiger partial charge on any atom is 0.326 e. The molecule has 0 aromatic heterocycles. The second kappa shape index (κ2) is 23.1. The van der Waals surface area contributed by atoms with Crippen molar-refractivity contribution in [3.8, 4) is 0 Å². The fourth-order valence-electron chi connectivity index (χ4n) is 4.51. The number of aryl methyl sites for hydroxylation is 1. The number of aliphatic carboxylic acids is 1. The second-order valence-corrected chi connectivity index (χ2v) is 10.8. The number of hydrogen-bond acceptors (Lipinski definition) is 6. The third-order valence-corrected chi connectivity index (χ3v) is 6.95. The fraction of sp³-hybridized carbons (Fsp3) is 0.633. The number of carboxylic acids is 1. The van der Waals surface area contributed by atoms with Gasteiger partial charge in [0.2, 0.25) is 23.6 Å². The predicted octanol–water partition coefficient (Wildman–Crippen LogP) is 3.94. The Kier molecular flexibility index (Phi) is 19.9. The van der Waals surface area contributed by atoms with Crippen LogP contribution in [0.1, 0.15) is 89.5 Å². The first-order valence-electron chi connectivity index (χ1n) is 15.4. The topological polar surface area (TPSA) is 202 Å². The Labute approximate surface area is 266 Å². The van der Waals surface area contributed by atoms with Crippen LogP contribution in [-0.2, 0) is 30.4 Å². The van der Waals surface area contributed by atoms with Gasteiger partial charge in [-0.3, -0.25) is 19.2 Å². The lowest BCUT2D eigenvalue weighted by atomic mass is 10.1. The average Bonchev–Trinajstić information content (AvgIpc) is 3.00. The number of azide groups is 1. The largest absolute Gasteiger partial charge is 0.480 e. The number of nitrogens with one attached hydrogen (secondary N) is 4. The number of nitrogens with zero attached hydrogens (tertiary/aromatic N) is 3. The number of carbonyl (C=O) groups is 5. The standard InChI is InChI=1S/C30H44F3N7O6/c1-20(41)38-24(10-6-9-17-37-40-34)29(44)36-16-8-3-5-12-27(43)39-25(30(45)46)11-4-2-7-15-35-26(42)14-13-21-18-22(31)28(33)23(32)19-21/h18-19,24-25H,2-17H2,1H3,(H,35,42)(H,36,44)(H,38,41)(H,39,43)(H,45,46)/t24-,25+/m0/s1. The third-order valence-electron chi connectivity index (χ3n) is 6.95. The molecule has 0 aliphatic rings. The molecule has 1 aromatic rings. The second-order valence-electron chi connectivity index (χ2n) is 10.8. The third kappa shape index (κ3) is 17.8. The van der Waals surface area contributed by atoms with Crippen molar-refractivity contribution in [1.29, 1.82) is 0 Å². The SMILES string of the molecule is CC(=O)N[C@@H](CCCCN=[N+]=[N-])C(=O)NCCCCCC(=O)N[C@H](CCCCCNC(=O)CCc1cc(F)c(F)c(F)c1)C(=O)O. The zero-order chi connectivity index (χ0) is 34.3. The molecule has 0 aliphatic heterocycles. The summed E-state index contributed by atoms with van der Waals surface area (Å²) in [5.74, 6) is -6.71. The van der Waals surface area contributed by atoms with Gasteiger partial charge in [-0.25, -0.2) is 18.0 Å². The molecule has 0 radical (unpaired) electrons. The average molecular weight is 656 g/mol. The normalized spacial score (nSPS) is 11.9. The molecule has 2 atom stereocenters. The van der Waals surface area contributed by atoms with E-state index in [1.807, 2.05) is 0 Å². The highest BCUT2D eigenvalue weighted by atomic mass is 19.2. The Balaban J connectivity index is 2.21. The van der Waals surface area contributed by atoms with Gasteiger partial charge in [0.05, 0.1) is 0 Å². The quantitative estimate of drug-likeness (QED) is 0.0367. The Bertz CT molecular complexity index is 1190. The molecule has 4 amide bonds. The number of unbranched alkanes of at least 4 members (excludes halogenated alkanes) is 5. The van der Waals surface area contributed by atoms with E-state index >= 15 is 0 Å². The molecule has 5 N–H and O–H groups in total. The highest BCUT2D eigenvalue weighted by Crippen LogP contribution is 2.15. The summed E-state index contributed by atoms with van der Waals surface area (Å²) in [4.78, 5) is 62.3. The van der Waals surface area contributed by atoms with Gasteiger partial charge in [0.1, 0.15) is 12.1 Å². The van der Waals surface area contributed by atoms with Crippen LogP contribution in [0.25, 0.3) is 10.4 Å². The van der Waals surface area contributed by atoms with Gasteiger partial charge in [-0.1, -0.05) is 30.8 Å². The first-order chi connectivity index (χ1) is 21.9. The van der Waals surface area contributed by atoms with Crippen LogP contribution in [0, 0.1) is 17.5 Å². The molecule has 0 saturated carbocycles. The van der Waals surface area contributed by atoms with Crippen molar-refractivity contribution in [2.45, 2.75) is 102 Å². The van der Waals surface area contributed by atoms with Gasteiger partial charge in [0, 0.05) is 44.3 Å². The minimum Gasteiger partial charge on any atom is -0.480 e. The summed E-state index contributed by atoms with van der Waals surface area (Å²) >= 11 is 0. The minimum atomic E-state index is -1.56. The minimum absolute atomic E-state index is 0.0341. The van der Waals surface area contributed by atoms with Gasteiger partial charge in [0.25, 0.3) is 0 Å². The summed E-state index contributed by atoms with van der Waals surface area (Å²) in [6.45, 7) is 2.31. The van der Waals surface area contributed by atoms with Gasteiger partial charge < -0.3 is 26.4 Å². The van der Waals surface area contributed by atoms with Crippen molar-refractivity contribution in [3.05, 3.63) is 45.6 Å². The Morgan fingerprint density at radius 1 is 0.804 bits per heavy atom. The van der Waals surface area contributed by atoms with Gasteiger partial charge >= 0.3 is 5.97 Å². The molecule has 0 spiro atoms. The Hall–Kier alpha value is -4.33. The summed E-state index contributed by atoms with van der Waals surface area (Å²) in [5, 5.41) is 23.5. The van der Waals surface area contributed by atoms with Crippen molar-refractivity contribution >= 4 is 29.6 Å². The van der Waals surface area contributed by atoms with Crippen LogP contribution >= 0.6 is 0 Å². The van der Waals surface area contributed by atoms with Gasteiger partial charge in [0.15, 0.2) is 17.5 Å². The molecule has 0 aliphatic carbocycles. The lowest BCUT2D eigenvalue weighted by Crippen LogP contribution is -2.46. The molecule has 1 rings (SSSR count). The number of carboxylic acid groups (broad SMARTS) is 1. The van der Waals surface area contributed by atoms with Crippen LogP contribution < -0.4 is 21.3 Å². The van der Waals surface area contributed by atoms with Crippen LogP contribution in [0.3, 0.4) is 0 Å². The first kappa shape index (κ1) is 39.7. The van der Waals surface area contributed by atoms with Gasteiger partial charge in [-0.05, 0) is 68.2 Å². The number of benzene rings is 1. The maximum atomic E-state index is 13.3. The van der Waals surface area contributed by atoms with E-state index in [1.54, 1.807) is 0 Å². The van der Waals surface area contributed by atoms with Gasteiger partial charge in [-0.2, -0.15) is 0 Å². The Morgan fingerprint density at radius 3 is 2.04 bits per heavy atom. The van der Waals surface area contributed by atoms with Crippen LogP contribution in [0.2, 0.25) is 0 Å². The van der Waals surface area contributed by atoms with Crippen LogP contribution in [0.5, 0.6) is 0 Å². The molecule has 0 saturated heterocycles. The number of hydrogen-bond donors (Lipinski definition) is 5. The van der Waals surface area contributed by atoms with Crippen LogP contribution in [0.15, 0.2) is 17.2 Å². The molecular formula is C30H44F3N7O6. The lowest BCUT2D eigenvalue weighted by Gasteiger charge is -2.17. The summed E-state index contributed by atoms with van der Waals surface area (Å²) in [5.41, 5.74) is 8.48. The smallest absolute Gasteiger partial charge is 0.326 e. The molecule has 46 heavy (non-hydrogen) atoms. The van der Waals surface area contributed by atoms with E-state index < -0.39 is 41.4 Å². The highest BCUT2D eigenvalue weighted by Gasteiger charge is 2.20. The molecular weight excluding hydrogens is 611 g/mol. The van der Waals surface area contributed by atoms with Crippen molar-refractivity contribution in [3.63, 3.8) is 0 Å². The predicted molar refractivity (Wildman–Crippen MR) is 163 cm³/mol. The molecule has 0 heterocycles. The van der Waals surface area contributed by atoms with Gasteiger partial charge in [-0.15, -0.1) is 0 Å². The van der Waals surface area contributed by atoms with Crippen molar-refractivity contribution < 1.29 is 42.3 Å². The van der Waals surface area contributed by atoms with Crippen molar-refractivity contribution in [1.82, 2.24) is 21.3 Å². The summed E-state index contributed by atoms with van der Waals surface area (Å²) in [6.07, 6.45) is 5.29. The van der Waals surface area contributed by atoms with E-state index in [2.05, 4.69) is 31.3 Å². The zero-order valence-corrected chi connectivity index (χ0v) is 26.1. The number of rotatable bonds is 24. The lowest BCUT2D eigenvalue weighted by molar-refractivity contribution is -0.142. The van der Waals surface area contributed by atoms with Crippen molar-refractivity contribution in [2.24, 2.45) is 5.11 Å². The molecule has 0 bridgehead atoms. The van der Waals surface area contributed by atoms with E-state index in [-0.39, 0.29) is 49.0 Å². The number of amides is 4. The molecule has 256 valence electrons. The molecule has 0 unspecified atom stereocenters. The summed E-state index contributed by atoms with van der Waals surface area (Å²) < 4.78 is 39.6. The number of carbonyl (C=O) groups excluding carboxylic acids is 4. The molecule has 0 fully saturated rings. The van der Waals surface area contributed by atoms with E-state index in [1.165, 1.54) is 6.92 Å². The Morgan fingerprint density at radius 2 is 1.41 bits per heavy atom. The summed E-state index contributed by atoms with van der Waals surface area (Å²) in [7, 11) is 0. The van der Waals surface area contributed by atoms with Crippen LogP contribution in [-0.4, -0.2) is 66.4 Å². The zero-order valence-electron chi connectivity index (χ0n) is 26.1. The molecule has 16 heteroatoms.